The molecule has 0 radical (unpaired) electrons. The number of nitrogens with zero attached hydrogens (tertiary/aromatic N) is 1. The third-order valence-electron chi connectivity index (χ3n) is 8.65. The first-order valence-corrected chi connectivity index (χ1v) is 19.0. The van der Waals surface area contributed by atoms with Gasteiger partial charge in [0.25, 0.3) is 0 Å². The maximum atomic E-state index is 12.3. The first-order valence-electron chi connectivity index (χ1n) is 19.0. The molecule has 0 aromatic rings. The van der Waals surface area contributed by atoms with Crippen LogP contribution in [0.5, 0.6) is 0 Å². The van der Waals surface area contributed by atoms with Crippen LogP contribution in [-0.4, -0.2) is 61.2 Å². The Kier molecular flexibility index (Phi) is 34.4. The van der Waals surface area contributed by atoms with Gasteiger partial charge in [0.2, 0.25) is 11.8 Å². The Balaban J connectivity index is 3.59. The topological polar surface area (TPSA) is 81.7 Å². The zero-order valence-corrected chi connectivity index (χ0v) is 29.0. The van der Waals surface area contributed by atoms with Gasteiger partial charge in [-0.1, -0.05) is 149 Å². The van der Waals surface area contributed by atoms with Gasteiger partial charge >= 0.3 is 0 Å². The maximum absolute atomic E-state index is 12.3. The SMILES string of the molecule is CCCCCCCCCCCCCNC(=O)CCCCCN(CCO)CCC(=O)NCCCCCCCCCCCCC. The fraction of sp³-hybridized carbons (Fsp3) is 0.946. The second-order valence-electron chi connectivity index (χ2n) is 12.9. The molecule has 0 heterocycles. The predicted molar refractivity (Wildman–Crippen MR) is 186 cm³/mol. The van der Waals surface area contributed by atoms with E-state index >= 15 is 0 Å². The van der Waals surface area contributed by atoms with Crippen molar-refractivity contribution in [1.29, 1.82) is 0 Å². The summed E-state index contributed by atoms with van der Waals surface area (Å²) in [6, 6.07) is 0. The fourth-order valence-corrected chi connectivity index (χ4v) is 5.75. The van der Waals surface area contributed by atoms with E-state index in [1.165, 1.54) is 128 Å². The van der Waals surface area contributed by atoms with Crippen LogP contribution >= 0.6 is 0 Å². The van der Waals surface area contributed by atoms with Crippen LogP contribution in [0.3, 0.4) is 0 Å². The second kappa shape index (κ2) is 35.3. The number of carbonyl (C=O) groups excluding carboxylic acids is 2. The molecule has 0 aromatic carbocycles. The molecule has 6 heteroatoms. The molecule has 0 aliphatic heterocycles. The highest BCUT2D eigenvalue weighted by Crippen LogP contribution is 2.12. The van der Waals surface area contributed by atoms with E-state index in [2.05, 4.69) is 29.4 Å². The van der Waals surface area contributed by atoms with Crippen LogP contribution in [0.1, 0.15) is 187 Å². The average Bonchev–Trinajstić information content (AvgIpc) is 3.00. The van der Waals surface area contributed by atoms with Crippen LogP contribution in [0.15, 0.2) is 0 Å². The van der Waals surface area contributed by atoms with Crippen molar-refractivity contribution < 1.29 is 14.7 Å². The summed E-state index contributed by atoms with van der Waals surface area (Å²) in [6.45, 7) is 8.38. The molecule has 0 aromatic heterocycles. The number of amides is 2. The normalized spacial score (nSPS) is 11.3. The number of rotatable bonds is 35. The van der Waals surface area contributed by atoms with Crippen molar-refractivity contribution >= 4 is 11.8 Å². The Bertz CT molecular complexity index is 587. The molecule has 6 nitrogen and oxygen atoms in total. The van der Waals surface area contributed by atoms with E-state index in [4.69, 9.17) is 0 Å². The minimum absolute atomic E-state index is 0.113. The summed E-state index contributed by atoms with van der Waals surface area (Å²) in [5, 5.41) is 15.6. The van der Waals surface area contributed by atoms with Gasteiger partial charge in [0.15, 0.2) is 0 Å². The van der Waals surface area contributed by atoms with Crippen molar-refractivity contribution in [2.24, 2.45) is 0 Å². The molecule has 0 aliphatic carbocycles. The summed E-state index contributed by atoms with van der Waals surface area (Å²) in [6.07, 6.45) is 33.0. The molecule has 0 aliphatic rings. The van der Waals surface area contributed by atoms with Crippen LogP contribution in [0.25, 0.3) is 0 Å². The highest BCUT2D eigenvalue weighted by Gasteiger charge is 2.08. The molecular weight excluding hydrogens is 534 g/mol. The number of aliphatic hydroxyl groups is 1. The van der Waals surface area contributed by atoms with E-state index in [-0.39, 0.29) is 18.4 Å². The van der Waals surface area contributed by atoms with Gasteiger partial charge in [0.1, 0.15) is 0 Å². The lowest BCUT2D eigenvalue weighted by Crippen LogP contribution is -2.33. The smallest absolute Gasteiger partial charge is 0.221 e. The molecule has 256 valence electrons. The standard InChI is InChI=1S/C37H75N3O3/c1-3-5-7-9-11-13-15-17-19-21-25-30-38-36(42)28-24-23-27-32-40(34-35-41)33-29-37(43)39-31-26-22-20-18-16-14-12-10-8-6-4-2/h41H,3-35H2,1-2H3,(H,38,42)(H,39,43). The molecule has 0 unspecified atom stereocenters. The molecule has 43 heavy (non-hydrogen) atoms. The summed E-state index contributed by atoms with van der Waals surface area (Å²) in [5.74, 6) is 0.290. The van der Waals surface area contributed by atoms with E-state index in [9.17, 15) is 14.7 Å². The minimum Gasteiger partial charge on any atom is -0.395 e. The van der Waals surface area contributed by atoms with Crippen molar-refractivity contribution in [3.8, 4) is 0 Å². The minimum atomic E-state index is 0.113. The summed E-state index contributed by atoms with van der Waals surface area (Å²) < 4.78 is 0. The van der Waals surface area contributed by atoms with E-state index in [1.54, 1.807) is 0 Å². The van der Waals surface area contributed by atoms with Crippen molar-refractivity contribution in [3.05, 3.63) is 0 Å². The van der Waals surface area contributed by atoms with E-state index in [0.717, 1.165) is 51.7 Å². The molecule has 0 bridgehead atoms. The second-order valence-corrected chi connectivity index (χ2v) is 12.9. The van der Waals surface area contributed by atoms with Crippen molar-refractivity contribution in [1.82, 2.24) is 15.5 Å². The lowest BCUT2D eigenvalue weighted by Gasteiger charge is -2.21. The Morgan fingerprint density at radius 3 is 1.23 bits per heavy atom. The molecule has 0 spiro atoms. The number of hydrogen-bond donors (Lipinski definition) is 3. The highest BCUT2D eigenvalue weighted by molar-refractivity contribution is 5.76. The molecule has 0 atom stereocenters. The number of carbonyl (C=O) groups is 2. The first-order chi connectivity index (χ1) is 21.1. The van der Waals surface area contributed by atoms with E-state index in [1.807, 2.05) is 0 Å². The average molecular weight is 610 g/mol. The van der Waals surface area contributed by atoms with Crippen LogP contribution in [0, 0.1) is 0 Å². The number of hydrogen-bond acceptors (Lipinski definition) is 4. The van der Waals surface area contributed by atoms with E-state index in [0.29, 0.717) is 25.9 Å². The quantitative estimate of drug-likeness (QED) is 0.0626. The van der Waals surface area contributed by atoms with Gasteiger partial charge in [-0.15, -0.1) is 0 Å². The van der Waals surface area contributed by atoms with Gasteiger partial charge in [-0.2, -0.15) is 0 Å². The monoisotopic (exact) mass is 610 g/mol. The van der Waals surface area contributed by atoms with Crippen molar-refractivity contribution in [2.75, 3.05) is 39.3 Å². The summed E-state index contributed by atoms with van der Waals surface area (Å²) in [7, 11) is 0. The van der Waals surface area contributed by atoms with Gasteiger partial charge in [0.05, 0.1) is 6.61 Å². The van der Waals surface area contributed by atoms with E-state index < -0.39 is 0 Å². The van der Waals surface area contributed by atoms with Crippen LogP contribution < -0.4 is 10.6 Å². The molecule has 0 saturated heterocycles. The zero-order valence-electron chi connectivity index (χ0n) is 29.0. The Labute approximate surface area is 268 Å². The Morgan fingerprint density at radius 1 is 0.442 bits per heavy atom. The van der Waals surface area contributed by atoms with Gasteiger partial charge in [-0.05, 0) is 32.2 Å². The fourth-order valence-electron chi connectivity index (χ4n) is 5.75. The molecular formula is C37H75N3O3. The summed E-state index contributed by atoms with van der Waals surface area (Å²) in [4.78, 5) is 26.6. The van der Waals surface area contributed by atoms with Crippen LogP contribution in [0.4, 0.5) is 0 Å². The van der Waals surface area contributed by atoms with Crippen molar-refractivity contribution in [3.63, 3.8) is 0 Å². The number of unbranched alkanes of at least 4 members (excludes halogenated alkanes) is 22. The third-order valence-corrected chi connectivity index (χ3v) is 8.65. The summed E-state index contributed by atoms with van der Waals surface area (Å²) >= 11 is 0. The molecule has 0 saturated carbocycles. The Morgan fingerprint density at radius 2 is 0.814 bits per heavy atom. The maximum Gasteiger partial charge on any atom is 0.221 e. The van der Waals surface area contributed by atoms with Crippen molar-refractivity contribution in [2.45, 2.75) is 187 Å². The molecule has 0 rings (SSSR count). The Hall–Kier alpha value is -1.14. The predicted octanol–water partition coefficient (Wildman–Crippen LogP) is 9.09. The largest absolute Gasteiger partial charge is 0.395 e. The van der Waals surface area contributed by atoms with Gasteiger partial charge in [-0.25, -0.2) is 0 Å². The first kappa shape index (κ1) is 41.9. The lowest BCUT2D eigenvalue weighted by atomic mass is 10.1. The third kappa shape index (κ3) is 33.6. The zero-order chi connectivity index (χ0) is 31.5. The van der Waals surface area contributed by atoms with Gasteiger partial charge in [0, 0.05) is 39.0 Å². The highest BCUT2D eigenvalue weighted by atomic mass is 16.3. The summed E-state index contributed by atoms with van der Waals surface area (Å²) in [5.41, 5.74) is 0. The van der Waals surface area contributed by atoms with Gasteiger partial charge < -0.3 is 20.6 Å². The number of aliphatic hydroxyl groups excluding tert-OH is 1. The molecule has 0 fully saturated rings. The molecule has 2 amide bonds. The molecule has 3 N–H and O–H groups in total. The van der Waals surface area contributed by atoms with Crippen LogP contribution in [-0.2, 0) is 9.59 Å². The van der Waals surface area contributed by atoms with Gasteiger partial charge in [-0.3, -0.25) is 9.59 Å². The lowest BCUT2D eigenvalue weighted by molar-refractivity contribution is -0.122. The van der Waals surface area contributed by atoms with Crippen LogP contribution in [0.2, 0.25) is 0 Å². The number of nitrogens with one attached hydrogen (secondary N) is 2.